The number of fused-ring (bicyclic) bond motifs is 3. The Balaban J connectivity index is 1.64. The number of carbonyl (C=O) groups excluding carboxylic acids is 2. The van der Waals surface area contributed by atoms with Crippen molar-refractivity contribution in [3.8, 4) is 0 Å². The molecule has 3 aliphatic rings. The molecule has 1 fully saturated rings. The zero-order valence-electron chi connectivity index (χ0n) is 13.6. The first-order chi connectivity index (χ1) is 12.1. The lowest BCUT2D eigenvalue weighted by Crippen LogP contribution is -2.27. The lowest BCUT2D eigenvalue weighted by Gasteiger charge is -2.18. The van der Waals surface area contributed by atoms with Crippen LogP contribution in [-0.4, -0.2) is 29.7 Å². The summed E-state index contributed by atoms with van der Waals surface area (Å²) < 4.78 is 10.6. The van der Waals surface area contributed by atoms with Crippen LogP contribution in [0.25, 0.3) is 4.85 Å². The molecule has 1 saturated heterocycles. The van der Waals surface area contributed by atoms with Gasteiger partial charge in [-0.2, -0.15) is 0 Å². The van der Waals surface area contributed by atoms with Crippen LogP contribution in [0.2, 0.25) is 0 Å². The highest BCUT2D eigenvalue weighted by Crippen LogP contribution is 2.49. The smallest absolute Gasteiger partial charge is 0.336 e. The maximum atomic E-state index is 12.8. The molecule has 25 heavy (non-hydrogen) atoms. The molecule has 0 saturated carbocycles. The van der Waals surface area contributed by atoms with E-state index in [1.165, 1.54) is 11.8 Å². The van der Waals surface area contributed by atoms with E-state index in [0.29, 0.717) is 11.1 Å². The molecule has 0 radical (unpaired) electrons. The maximum absolute atomic E-state index is 12.8. The number of nitrogens with zero attached hydrogens (tertiary/aromatic N) is 2. The Labute approximate surface area is 145 Å². The van der Waals surface area contributed by atoms with Gasteiger partial charge in [-0.25, -0.2) is 11.4 Å². The fourth-order valence-corrected chi connectivity index (χ4v) is 3.77. The first kappa shape index (κ1) is 15.5. The SMILES string of the molecule is [C-]#[N+]CN1C(=O)C(=COC2C=C(C)C(=O)O2)C2Cc3ccccc3C21. The van der Waals surface area contributed by atoms with Crippen molar-refractivity contribution in [1.82, 2.24) is 4.90 Å². The van der Waals surface area contributed by atoms with Gasteiger partial charge in [0.2, 0.25) is 0 Å². The van der Waals surface area contributed by atoms with Crippen LogP contribution >= 0.6 is 0 Å². The molecular weight excluding hydrogens is 320 g/mol. The van der Waals surface area contributed by atoms with Crippen LogP contribution in [0, 0.1) is 12.5 Å². The number of hydrogen-bond acceptors (Lipinski definition) is 4. The van der Waals surface area contributed by atoms with E-state index >= 15 is 0 Å². The number of carbonyl (C=O) groups is 2. The summed E-state index contributed by atoms with van der Waals surface area (Å²) >= 11 is 0. The Morgan fingerprint density at radius 2 is 2.20 bits per heavy atom. The molecule has 1 amide bonds. The summed E-state index contributed by atoms with van der Waals surface area (Å²) in [6.45, 7) is 8.83. The molecule has 126 valence electrons. The second-order valence-corrected chi connectivity index (χ2v) is 6.36. The summed E-state index contributed by atoms with van der Waals surface area (Å²) in [5.41, 5.74) is 3.30. The Morgan fingerprint density at radius 3 is 2.92 bits per heavy atom. The van der Waals surface area contributed by atoms with Gasteiger partial charge < -0.3 is 9.47 Å². The van der Waals surface area contributed by atoms with E-state index in [1.54, 1.807) is 17.9 Å². The second kappa shape index (κ2) is 5.78. The van der Waals surface area contributed by atoms with Gasteiger partial charge in [0.1, 0.15) is 0 Å². The number of hydrogen-bond donors (Lipinski definition) is 0. The van der Waals surface area contributed by atoms with Crippen molar-refractivity contribution in [3.05, 3.63) is 70.3 Å². The highest BCUT2D eigenvalue weighted by atomic mass is 16.7. The Bertz CT molecular complexity index is 864. The van der Waals surface area contributed by atoms with Crippen molar-refractivity contribution in [3.63, 3.8) is 0 Å². The van der Waals surface area contributed by atoms with E-state index in [1.807, 2.05) is 18.2 Å². The van der Waals surface area contributed by atoms with Crippen molar-refractivity contribution in [2.45, 2.75) is 25.7 Å². The average Bonchev–Trinajstić information content (AvgIpc) is 3.20. The molecule has 4 rings (SSSR count). The predicted octanol–water partition coefficient (Wildman–Crippen LogP) is 2.35. The summed E-state index contributed by atoms with van der Waals surface area (Å²) in [5.74, 6) is -0.652. The maximum Gasteiger partial charge on any atom is 0.336 e. The third kappa shape index (κ3) is 2.40. The first-order valence-electron chi connectivity index (χ1n) is 8.07. The van der Waals surface area contributed by atoms with Gasteiger partial charge in [-0.05, 0) is 24.5 Å². The number of amides is 1. The molecule has 6 nitrogen and oxygen atoms in total. The molecule has 1 aromatic carbocycles. The van der Waals surface area contributed by atoms with Crippen molar-refractivity contribution in [2.24, 2.45) is 5.92 Å². The summed E-state index contributed by atoms with van der Waals surface area (Å²) in [4.78, 5) is 29.2. The van der Waals surface area contributed by atoms with Gasteiger partial charge >= 0.3 is 5.97 Å². The van der Waals surface area contributed by atoms with Gasteiger partial charge in [-0.1, -0.05) is 24.3 Å². The fraction of sp³-hybridized carbons (Fsp3) is 0.316. The number of likely N-dealkylation sites (tertiary alicyclic amines) is 1. The highest BCUT2D eigenvalue weighted by Gasteiger charge is 2.50. The van der Waals surface area contributed by atoms with Crippen LogP contribution in [-0.2, 0) is 25.5 Å². The van der Waals surface area contributed by atoms with Crippen molar-refractivity contribution in [2.75, 3.05) is 6.67 Å². The molecule has 2 aliphatic heterocycles. The van der Waals surface area contributed by atoms with Gasteiger partial charge in [0.25, 0.3) is 18.9 Å². The second-order valence-electron chi connectivity index (χ2n) is 6.36. The summed E-state index contributed by atoms with van der Waals surface area (Å²) in [7, 11) is 0. The largest absolute Gasteiger partial charge is 0.458 e. The van der Waals surface area contributed by atoms with Crippen LogP contribution in [0.5, 0.6) is 0 Å². The third-order valence-electron chi connectivity index (χ3n) is 4.92. The van der Waals surface area contributed by atoms with E-state index in [2.05, 4.69) is 10.9 Å². The third-order valence-corrected chi connectivity index (χ3v) is 4.92. The quantitative estimate of drug-likeness (QED) is 0.368. The first-order valence-corrected chi connectivity index (χ1v) is 8.07. The lowest BCUT2D eigenvalue weighted by atomic mass is 9.97. The number of cyclic esters (lactones) is 1. The normalized spacial score (nSPS) is 28.5. The van der Waals surface area contributed by atoms with Crippen LogP contribution < -0.4 is 0 Å². The number of ether oxygens (including phenoxy) is 2. The zero-order valence-corrected chi connectivity index (χ0v) is 13.6. The standard InChI is InChI=1S/C19H16N2O4/c1-11-7-16(25-19(11)23)24-9-15-14-8-12-5-3-4-6-13(12)17(14)21(10-20-2)18(15)22/h3-7,9,14,16-17H,8,10H2,1H3. The van der Waals surface area contributed by atoms with Crippen molar-refractivity contribution < 1.29 is 19.1 Å². The van der Waals surface area contributed by atoms with Crippen LogP contribution in [0.1, 0.15) is 24.1 Å². The molecular formula is C19H16N2O4. The van der Waals surface area contributed by atoms with E-state index in [-0.39, 0.29) is 24.5 Å². The number of benzene rings is 1. The topological polar surface area (TPSA) is 60.2 Å². The Hall–Kier alpha value is -3.07. The minimum Gasteiger partial charge on any atom is -0.458 e. The van der Waals surface area contributed by atoms with Crippen molar-refractivity contribution in [1.29, 1.82) is 0 Å². The highest BCUT2D eigenvalue weighted by molar-refractivity contribution is 5.97. The molecule has 6 heteroatoms. The summed E-state index contributed by atoms with van der Waals surface area (Å²) in [6.07, 6.45) is 2.92. The van der Waals surface area contributed by atoms with E-state index in [0.717, 1.165) is 12.0 Å². The molecule has 2 heterocycles. The molecule has 1 aliphatic carbocycles. The molecule has 3 unspecified atom stereocenters. The van der Waals surface area contributed by atoms with Crippen LogP contribution in [0.4, 0.5) is 0 Å². The zero-order chi connectivity index (χ0) is 17.6. The van der Waals surface area contributed by atoms with Gasteiger partial charge in [0, 0.05) is 17.6 Å². The summed E-state index contributed by atoms with van der Waals surface area (Å²) in [5, 5.41) is 0. The Kier molecular flexibility index (Phi) is 3.57. The van der Waals surface area contributed by atoms with Crippen molar-refractivity contribution >= 4 is 11.9 Å². The molecule has 0 bridgehead atoms. The minimum absolute atomic E-state index is 0.0170. The van der Waals surface area contributed by atoms with Gasteiger partial charge in [0.15, 0.2) is 0 Å². The van der Waals surface area contributed by atoms with E-state index in [4.69, 9.17) is 16.0 Å². The molecule has 3 atom stereocenters. The average molecular weight is 336 g/mol. The van der Waals surface area contributed by atoms with E-state index < -0.39 is 12.3 Å². The molecule has 0 spiro atoms. The van der Waals surface area contributed by atoms with Gasteiger partial charge in [0.05, 0.1) is 17.9 Å². The number of esters is 1. The fourth-order valence-electron chi connectivity index (χ4n) is 3.77. The molecule has 1 aromatic rings. The van der Waals surface area contributed by atoms with Gasteiger partial charge in [-0.3, -0.25) is 14.5 Å². The number of rotatable bonds is 3. The lowest BCUT2D eigenvalue weighted by molar-refractivity contribution is -0.152. The molecule has 0 N–H and O–H groups in total. The minimum atomic E-state index is -0.801. The van der Waals surface area contributed by atoms with Gasteiger partial charge in [-0.15, -0.1) is 0 Å². The van der Waals surface area contributed by atoms with Crippen LogP contribution in [0.3, 0.4) is 0 Å². The summed E-state index contributed by atoms with van der Waals surface area (Å²) in [6, 6.07) is 7.87. The monoisotopic (exact) mass is 336 g/mol. The van der Waals surface area contributed by atoms with Crippen LogP contribution in [0.15, 0.2) is 47.7 Å². The Morgan fingerprint density at radius 1 is 1.40 bits per heavy atom. The predicted molar refractivity (Wildman–Crippen MR) is 87.5 cm³/mol. The molecule has 0 aromatic heterocycles. The van der Waals surface area contributed by atoms with E-state index in [9.17, 15) is 9.59 Å².